The maximum Gasteiger partial charge on any atom is 0.0952 e. The second kappa shape index (κ2) is 5.24. The first-order valence-corrected chi connectivity index (χ1v) is 8.27. The molecule has 3 rings (SSSR count). The van der Waals surface area contributed by atoms with E-state index in [4.69, 9.17) is 4.99 Å². The average molecular weight is 297 g/mol. The van der Waals surface area contributed by atoms with Crippen molar-refractivity contribution in [3.63, 3.8) is 0 Å². The highest BCUT2D eigenvalue weighted by molar-refractivity contribution is 5.57. The Morgan fingerprint density at radius 2 is 1.82 bits per heavy atom. The Labute approximate surface area is 134 Å². The number of anilines is 1. The molecule has 0 heterocycles. The van der Waals surface area contributed by atoms with Crippen LogP contribution in [-0.2, 0) is 0 Å². The van der Waals surface area contributed by atoms with Crippen LogP contribution in [0, 0.1) is 16.7 Å². The van der Waals surface area contributed by atoms with E-state index in [1.165, 1.54) is 24.9 Å². The normalized spacial score (nSPS) is 31.7. The molecule has 0 aliphatic heterocycles. The molecule has 0 N–H and O–H groups in total. The van der Waals surface area contributed by atoms with E-state index in [1.807, 2.05) is 26.2 Å². The first-order valence-electron chi connectivity index (χ1n) is 8.27. The number of benzene rings is 1. The van der Waals surface area contributed by atoms with Gasteiger partial charge in [-0.05, 0) is 60.3 Å². The summed E-state index contributed by atoms with van der Waals surface area (Å²) >= 11 is 0. The molecule has 0 spiro atoms. The lowest BCUT2D eigenvalue weighted by atomic mass is 9.69. The van der Waals surface area contributed by atoms with Crippen LogP contribution in [0.1, 0.15) is 40.0 Å². The van der Waals surface area contributed by atoms with E-state index >= 15 is 0 Å². The Morgan fingerprint density at radius 1 is 1.14 bits per heavy atom. The summed E-state index contributed by atoms with van der Waals surface area (Å²) in [5.74, 6) is 0.812. The van der Waals surface area contributed by atoms with Gasteiger partial charge < -0.3 is 4.90 Å². The minimum Gasteiger partial charge on any atom is -0.378 e. The molecule has 2 aliphatic carbocycles. The third kappa shape index (κ3) is 2.28. The molecule has 2 bridgehead atoms. The van der Waals surface area contributed by atoms with Gasteiger partial charge in [0.05, 0.1) is 17.7 Å². The van der Waals surface area contributed by atoms with E-state index in [1.54, 1.807) is 0 Å². The summed E-state index contributed by atoms with van der Waals surface area (Å²) in [6.45, 7) is 7.23. The van der Waals surface area contributed by atoms with Crippen LogP contribution in [0.5, 0.6) is 0 Å². The van der Waals surface area contributed by atoms with E-state index in [-0.39, 0.29) is 0 Å². The number of rotatable bonds is 3. The highest BCUT2D eigenvalue weighted by Gasteiger charge is 2.61. The van der Waals surface area contributed by atoms with Crippen LogP contribution in [0.25, 0.3) is 0 Å². The zero-order chi connectivity index (χ0) is 16.0. The molecule has 0 amide bonds. The summed E-state index contributed by atoms with van der Waals surface area (Å²) in [5, 5.41) is 0. The third-order valence-corrected chi connectivity index (χ3v) is 6.51. The summed E-state index contributed by atoms with van der Waals surface area (Å²) in [4.78, 5) is 11.2. The maximum absolute atomic E-state index is 4.70. The van der Waals surface area contributed by atoms with Crippen molar-refractivity contribution in [2.24, 2.45) is 26.7 Å². The molecule has 1 aromatic carbocycles. The van der Waals surface area contributed by atoms with Crippen LogP contribution < -0.4 is 4.90 Å². The average Bonchev–Trinajstić information content (AvgIpc) is 2.81. The fourth-order valence-corrected chi connectivity index (χ4v) is 4.34. The van der Waals surface area contributed by atoms with Crippen molar-refractivity contribution in [1.29, 1.82) is 0 Å². The van der Waals surface area contributed by atoms with Gasteiger partial charge in [0.15, 0.2) is 0 Å². The van der Waals surface area contributed by atoms with Crippen molar-refractivity contribution >= 4 is 17.4 Å². The monoisotopic (exact) mass is 297 g/mol. The molecule has 2 aliphatic rings. The Bertz CT molecular complexity index is 608. The van der Waals surface area contributed by atoms with E-state index < -0.39 is 0 Å². The minimum atomic E-state index is 0.314. The first-order chi connectivity index (χ1) is 10.3. The van der Waals surface area contributed by atoms with Crippen LogP contribution in [-0.4, -0.2) is 26.1 Å². The smallest absolute Gasteiger partial charge is 0.0952 e. The molecule has 3 nitrogen and oxygen atoms in total. The lowest BCUT2D eigenvalue weighted by Crippen LogP contribution is -2.34. The second-order valence-corrected chi connectivity index (χ2v) is 7.88. The van der Waals surface area contributed by atoms with Gasteiger partial charge in [-0.3, -0.25) is 0 Å². The molecule has 1 aromatic rings. The van der Waals surface area contributed by atoms with Gasteiger partial charge in [-0.15, -0.1) is 0 Å². The number of nitrogens with zero attached hydrogens (tertiary/aromatic N) is 3. The van der Waals surface area contributed by atoms with Crippen molar-refractivity contribution < 1.29 is 0 Å². The van der Waals surface area contributed by atoms with Crippen molar-refractivity contribution in [2.45, 2.75) is 46.1 Å². The highest BCUT2D eigenvalue weighted by Crippen LogP contribution is 2.66. The van der Waals surface area contributed by atoms with Crippen LogP contribution in [0.15, 0.2) is 34.3 Å². The molecule has 3 heteroatoms. The standard InChI is InChI=1S/C19H27N3/c1-18(2)14-10-11-19(18,3)17(12-14)21-13-20-15-6-8-16(9-7-15)22(4)5/h6-9,14,17H,10-12H2,1-5H3. The van der Waals surface area contributed by atoms with Gasteiger partial charge in [-0.25, -0.2) is 4.99 Å². The van der Waals surface area contributed by atoms with Gasteiger partial charge >= 0.3 is 0 Å². The van der Waals surface area contributed by atoms with E-state index in [2.05, 4.69) is 48.8 Å². The molecule has 0 radical (unpaired) electrons. The molecule has 0 saturated heterocycles. The van der Waals surface area contributed by atoms with Crippen LogP contribution in [0.2, 0.25) is 0 Å². The van der Waals surface area contributed by atoms with Crippen molar-refractivity contribution in [3.8, 4) is 0 Å². The van der Waals surface area contributed by atoms with Crippen LogP contribution in [0.4, 0.5) is 11.4 Å². The lowest BCUT2D eigenvalue weighted by Gasteiger charge is -2.36. The molecule has 0 aromatic heterocycles. The predicted octanol–water partition coefficient (Wildman–Crippen LogP) is 4.77. The van der Waals surface area contributed by atoms with Gasteiger partial charge in [-0.1, -0.05) is 20.8 Å². The van der Waals surface area contributed by atoms with Crippen molar-refractivity contribution in [3.05, 3.63) is 24.3 Å². The third-order valence-electron chi connectivity index (χ3n) is 6.51. The van der Waals surface area contributed by atoms with E-state index in [9.17, 15) is 0 Å². The molecular weight excluding hydrogens is 270 g/mol. The predicted molar refractivity (Wildman–Crippen MR) is 93.3 cm³/mol. The number of fused-ring (bicyclic) bond motifs is 2. The Kier molecular flexibility index (Phi) is 3.65. The Balaban J connectivity index is 1.75. The quantitative estimate of drug-likeness (QED) is 0.738. The molecule has 3 atom stereocenters. The van der Waals surface area contributed by atoms with Gasteiger partial charge in [0.2, 0.25) is 0 Å². The molecule has 3 unspecified atom stereocenters. The summed E-state index contributed by atoms with van der Waals surface area (Å²) < 4.78 is 0. The molecule has 22 heavy (non-hydrogen) atoms. The van der Waals surface area contributed by atoms with Crippen LogP contribution >= 0.6 is 0 Å². The van der Waals surface area contributed by atoms with Gasteiger partial charge in [0.1, 0.15) is 0 Å². The van der Waals surface area contributed by atoms with Crippen LogP contribution in [0.3, 0.4) is 0 Å². The van der Waals surface area contributed by atoms with Crippen molar-refractivity contribution in [2.75, 3.05) is 19.0 Å². The molecule has 2 fully saturated rings. The molecule has 2 saturated carbocycles. The summed E-state index contributed by atoms with van der Waals surface area (Å²) in [6.07, 6.45) is 3.85. The first kappa shape index (κ1) is 15.3. The Morgan fingerprint density at radius 3 is 2.32 bits per heavy atom. The zero-order valence-electron chi connectivity index (χ0n) is 14.4. The number of aliphatic imine (C=N–C) groups is 2. The topological polar surface area (TPSA) is 28.0 Å². The number of hydrogen-bond donors (Lipinski definition) is 0. The fourth-order valence-electron chi connectivity index (χ4n) is 4.34. The van der Waals surface area contributed by atoms with Gasteiger partial charge in [0, 0.05) is 19.8 Å². The minimum absolute atomic E-state index is 0.314. The van der Waals surface area contributed by atoms with E-state index in [0.717, 1.165) is 11.6 Å². The fraction of sp³-hybridized carbons (Fsp3) is 0.632. The molecular formula is C19H27N3. The second-order valence-electron chi connectivity index (χ2n) is 7.88. The van der Waals surface area contributed by atoms with Crippen molar-refractivity contribution in [1.82, 2.24) is 0 Å². The van der Waals surface area contributed by atoms with Gasteiger partial charge in [0.25, 0.3) is 0 Å². The summed E-state index contributed by atoms with van der Waals surface area (Å²) in [7, 11) is 4.08. The summed E-state index contributed by atoms with van der Waals surface area (Å²) in [5.41, 5.74) is 2.81. The maximum atomic E-state index is 4.70. The summed E-state index contributed by atoms with van der Waals surface area (Å²) in [6, 6.07) is 11.5. The SMILES string of the molecule is CN(C)c1ccc(N=C=NC2CC3CCC2(C)C3(C)C)cc1. The molecule has 118 valence electrons. The largest absolute Gasteiger partial charge is 0.378 e. The van der Waals surface area contributed by atoms with E-state index in [0.29, 0.717) is 16.9 Å². The number of hydrogen-bond acceptors (Lipinski definition) is 3. The zero-order valence-corrected chi connectivity index (χ0v) is 14.4. The van der Waals surface area contributed by atoms with Gasteiger partial charge in [-0.2, -0.15) is 4.99 Å². The highest BCUT2D eigenvalue weighted by atomic mass is 15.1. The lowest BCUT2D eigenvalue weighted by molar-refractivity contribution is 0.137. The Hall–Kier alpha value is -1.60.